The number of hydrazine groups is 1. The molecule has 0 aromatic heterocycles. The van der Waals surface area contributed by atoms with Crippen molar-refractivity contribution in [2.75, 3.05) is 38.7 Å². The highest BCUT2D eigenvalue weighted by molar-refractivity contribution is 6.36. The molecule has 0 aliphatic carbocycles. The number of rotatable bonds is 7. The van der Waals surface area contributed by atoms with Crippen LogP contribution in [0.25, 0.3) is 0 Å². The number of nitrogens with one attached hydrogen (secondary N) is 2. The van der Waals surface area contributed by atoms with Crippen LogP contribution in [0.15, 0.2) is 65.7 Å². The van der Waals surface area contributed by atoms with Gasteiger partial charge in [0.1, 0.15) is 23.2 Å². The molecule has 1 fully saturated rings. The summed E-state index contributed by atoms with van der Waals surface area (Å²) < 4.78 is 11.1. The number of anilines is 1. The number of primary amides is 1. The molecule has 3 aliphatic heterocycles. The average Bonchev–Trinajstić information content (AvgIpc) is 3.48. The molecule has 2 aromatic rings. The molecule has 12 nitrogen and oxygen atoms in total. The van der Waals surface area contributed by atoms with E-state index in [1.807, 2.05) is 27.0 Å². The molecule has 3 heterocycles. The van der Waals surface area contributed by atoms with Crippen molar-refractivity contribution in [2.45, 2.75) is 38.8 Å². The zero-order chi connectivity index (χ0) is 32.5. The van der Waals surface area contributed by atoms with E-state index in [9.17, 15) is 14.4 Å². The van der Waals surface area contributed by atoms with E-state index in [1.165, 1.54) is 7.11 Å². The first-order chi connectivity index (χ1) is 21.4. The Morgan fingerprint density at radius 1 is 1.07 bits per heavy atom. The molecule has 0 saturated carbocycles. The van der Waals surface area contributed by atoms with Crippen LogP contribution in [-0.4, -0.2) is 83.5 Å². The number of methoxy groups -OCH3 is 1. The molecular formula is C31H36Cl2N7O5+. The number of piperazine rings is 1. The number of amides is 3. The Balaban J connectivity index is 1.35. The molecule has 0 spiro atoms. The van der Waals surface area contributed by atoms with Crippen LogP contribution in [0.4, 0.5) is 10.5 Å². The quantitative estimate of drug-likeness (QED) is 0.417. The number of carbonyl (C=O) groups excluding carboxylic acids is 3. The minimum Gasteiger partial charge on any atom is -0.494 e. The number of ether oxygens (including phenoxy) is 2. The number of aliphatic imine (C=N–C) groups is 1. The van der Waals surface area contributed by atoms with Crippen LogP contribution in [0.3, 0.4) is 0 Å². The number of allylic oxidation sites excluding steroid dienone is 1. The second kappa shape index (κ2) is 13.0. The number of nitrogens with zero attached hydrogens (tertiary/aromatic N) is 4. The number of hydrogen-bond donors (Lipinski definition) is 3. The van der Waals surface area contributed by atoms with Crippen LogP contribution in [0.1, 0.15) is 36.7 Å². The largest absolute Gasteiger partial charge is 0.494 e. The van der Waals surface area contributed by atoms with Gasteiger partial charge in [-0.1, -0.05) is 29.3 Å². The smallest absolute Gasteiger partial charge is 0.410 e. The lowest BCUT2D eigenvalue weighted by Crippen LogP contribution is -3.11. The summed E-state index contributed by atoms with van der Waals surface area (Å²) in [5.74, 6) is 0.0692. The minimum absolute atomic E-state index is 0.193. The van der Waals surface area contributed by atoms with Crippen LogP contribution in [-0.2, 0) is 16.0 Å². The lowest BCUT2D eigenvalue weighted by atomic mass is 10.1. The van der Waals surface area contributed by atoms with Crippen LogP contribution in [0.2, 0.25) is 10.0 Å². The Labute approximate surface area is 271 Å². The molecule has 238 valence electrons. The molecule has 2 aromatic carbocycles. The van der Waals surface area contributed by atoms with E-state index in [0.29, 0.717) is 65.5 Å². The van der Waals surface area contributed by atoms with E-state index >= 15 is 0 Å². The molecule has 14 heteroatoms. The molecule has 2 unspecified atom stereocenters. The third-order valence-corrected chi connectivity index (χ3v) is 8.23. The Hall–Kier alpha value is -4.26. The first-order valence-electron chi connectivity index (χ1n) is 14.4. The summed E-state index contributed by atoms with van der Waals surface area (Å²) in [7, 11) is 1.49. The summed E-state index contributed by atoms with van der Waals surface area (Å²) in [6.07, 6.45) is 5.22. The number of amidine groups is 1. The number of halogens is 2. The van der Waals surface area contributed by atoms with Gasteiger partial charge in [-0.3, -0.25) is 20.0 Å². The molecular weight excluding hydrogens is 621 g/mol. The Morgan fingerprint density at radius 2 is 1.73 bits per heavy atom. The maximum absolute atomic E-state index is 13.4. The fraction of sp³-hybridized carbons (Fsp3) is 0.355. The average molecular weight is 658 g/mol. The third kappa shape index (κ3) is 7.03. The lowest BCUT2D eigenvalue weighted by Gasteiger charge is -2.36. The molecule has 0 bridgehead atoms. The third-order valence-electron chi connectivity index (χ3n) is 7.52. The van der Waals surface area contributed by atoms with Crippen molar-refractivity contribution in [3.63, 3.8) is 0 Å². The number of fused-ring (bicyclic) bond motifs is 1. The van der Waals surface area contributed by atoms with Gasteiger partial charge in [-0.25, -0.2) is 14.7 Å². The highest BCUT2D eigenvalue weighted by Crippen LogP contribution is 2.30. The number of benzene rings is 2. The van der Waals surface area contributed by atoms with Gasteiger partial charge in [0.15, 0.2) is 0 Å². The van der Waals surface area contributed by atoms with Gasteiger partial charge in [0, 0.05) is 41.8 Å². The SMILES string of the molecule is COc1cc(C(=O)N2CCN(C(=O)OC(C)(C)C)CC2)ccc1NN1C=C(Cc2c(Cl)cccc2Cl)[NH+]2C=CN=C2C1C(N)=O. The molecule has 45 heavy (non-hydrogen) atoms. The molecule has 2 atom stereocenters. The summed E-state index contributed by atoms with van der Waals surface area (Å²) in [4.78, 5) is 47.0. The first kappa shape index (κ1) is 32.1. The number of quaternary nitrogens is 1. The fourth-order valence-electron chi connectivity index (χ4n) is 5.34. The zero-order valence-electron chi connectivity index (χ0n) is 25.5. The molecule has 0 radical (unpaired) electrons. The molecule has 3 amide bonds. The highest BCUT2D eigenvalue weighted by Gasteiger charge is 2.43. The second-order valence-corrected chi connectivity index (χ2v) is 12.6. The second-order valence-electron chi connectivity index (χ2n) is 11.8. The Bertz CT molecular complexity index is 1570. The fourth-order valence-corrected chi connectivity index (χ4v) is 5.87. The van der Waals surface area contributed by atoms with Crippen LogP contribution < -0.4 is 20.8 Å². The summed E-state index contributed by atoms with van der Waals surface area (Å²) in [5, 5.41) is 2.62. The predicted molar refractivity (Wildman–Crippen MR) is 171 cm³/mol. The molecule has 5 rings (SSSR count). The van der Waals surface area contributed by atoms with E-state index in [1.54, 1.807) is 63.6 Å². The molecule has 4 N–H and O–H groups in total. The Morgan fingerprint density at radius 3 is 2.36 bits per heavy atom. The molecule has 1 saturated heterocycles. The summed E-state index contributed by atoms with van der Waals surface area (Å²) in [6.45, 7) is 6.92. The van der Waals surface area contributed by atoms with E-state index < -0.39 is 23.6 Å². The van der Waals surface area contributed by atoms with E-state index in [0.717, 1.165) is 16.2 Å². The first-order valence-corrected chi connectivity index (χ1v) is 15.2. The van der Waals surface area contributed by atoms with Crippen molar-refractivity contribution in [3.05, 3.63) is 81.9 Å². The van der Waals surface area contributed by atoms with Crippen molar-refractivity contribution in [1.82, 2.24) is 14.8 Å². The topological polar surface area (TPSA) is 134 Å². The highest BCUT2D eigenvalue weighted by atomic mass is 35.5. The summed E-state index contributed by atoms with van der Waals surface area (Å²) >= 11 is 12.9. The summed E-state index contributed by atoms with van der Waals surface area (Å²) in [6, 6.07) is 9.41. The van der Waals surface area contributed by atoms with Crippen LogP contribution >= 0.6 is 23.2 Å². The number of hydrogen-bond acceptors (Lipinski definition) is 8. The van der Waals surface area contributed by atoms with E-state index in [2.05, 4.69) is 10.4 Å². The van der Waals surface area contributed by atoms with Crippen molar-refractivity contribution in [3.8, 4) is 5.75 Å². The van der Waals surface area contributed by atoms with Gasteiger partial charge in [-0.15, -0.1) is 0 Å². The van der Waals surface area contributed by atoms with Gasteiger partial charge in [-0.05, 0) is 56.7 Å². The van der Waals surface area contributed by atoms with Crippen LogP contribution in [0.5, 0.6) is 5.75 Å². The van der Waals surface area contributed by atoms with Crippen molar-refractivity contribution >= 4 is 52.6 Å². The maximum Gasteiger partial charge on any atom is 0.410 e. The van der Waals surface area contributed by atoms with E-state index in [-0.39, 0.29) is 5.91 Å². The van der Waals surface area contributed by atoms with Crippen LogP contribution in [0, 0.1) is 0 Å². The van der Waals surface area contributed by atoms with E-state index in [4.69, 9.17) is 38.4 Å². The number of carbonyl (C=O) groups is 3. The minimum atomic E-state index is -0.923. The van der Waals surface area contributed by atoms with Gasteiger partial charge < -0.3 is 25.0 Å². The summed E-state index contributed by atoms with van der Waals surface area (Å²) in [5.41, 5.74) is 11.0. The Kier molecular flexibility index (Phi) is 9.28. The van der Waals surface area contributed by atoms with Crippen molar-refractivity contribution in [2.24, 2.45) is 10.7 Å². The zero-order valence-corrected chi connectivity index (χ0v) is 27.0. The standard InChI is InChI=1S/C31H35Cl2N7O5/c1-31(2,3)45-30(43)38-14-12-37(13-15-38)29(42)19-8-9-24(25(16-19)44-4)36-40-18-20(17-21-22(32)6-5-7-23(21)33)39-11-10-35-28(39)26(40)27(34)41/h5-11,16,18,26,36H,12-15,17H2,1-4H3,(H2,34,41)/p+1. The number of nitrogens with two attached hydrogens (primary N) is 1. The van der Waals surface area contributed by atoms with Gasteiger partial charge in [0.05, 0.1) is 31.6 Å². The maximum atomic E-state index is 13.4. The normalized spacial score (nSPS) is 19.5. The van der Waals surface area contributed by atoms with Gasteiger partial charge in [0.25, 0.3) is 11.8 Å². The predicted octanol–water partition coefficient (Wildman–Crippen LogP) is 3.04. The molecule has 3 aliphatic rings. The lowest BCUT2D eigenvalue weighted by molar-refractivity contribution is -0.704. The monoisotopic (exact) mass is 656 g/mol. The van der Waals surface area contributed by atoms with Gasteiger partial charge >= 0.3 is 6.09 Å². The van der Waals surface area contributed by atoms with Gasteiger partial charge in [0.2, 0.25) is 11.9 Å². The van der Waals surface area contributed by atoms with Gasteiger partial charge in [-0.2, -0.15) is 0 Å². The van der Waals surface area contributed by atoms with Crippen molar-refractivity contribution in [1.29, 1.82) is 0 Å². The van der Waals surface area contributed by atoms with Crippen molar-refractivity contribution < 1.29 is 28.8 Å².